The molecule has 0 radical (unpaired) electrons. The van der Waals surface area contributed by atoms with Crippen LogP contribution in [0.4, 0.5) is 5.82 Å². The van der Waals surface area contributed by atoms with E-state index in [9.17, 15) is 4.79 Å². The molecular weight excluding hydrogens is 257 g/mol. The van der Waals surface area contributed by atoms with Gasteiger partial charge in [-0.1, -0.05) is 0 Å². The van der Waals surface area contributed by atoms with Gasteiger partial charge in [0.15, 0.2) is 5.82 Å². The van der Waals surface area contributed by atoms with Crippen LogP contribution in [0.3, 0.4) is 0 Å². The third-order valence-corrected chi connectivity index (χ3v) is 2.59. The number of carbonyl (C=O) groups is 1. The number of aromatic amines is 1. The molecule has 6 heteroatoms. The summed E-state index contributed by atoms with van der Waals surface area (Å²) in [6.45, 7) is 0.539. The number of H-pyrrole nitrogens is 1. The molecule has 4 nitrogen and oxygen atoms in total. The van der Waals surface area contributed by atoms with Crippen LogP contribution in [-0.2, 0) is 4.79 Å². The van der Waals surface area contributed by atoms with Gasteiger partial charge >= 0.3 is 0 Å². The van der Waals surface area contributed by atoms with Gasteiger partial charge in [0.05, 0.1) is 5.38 Å². The summed E-state index contributed by atoms with van der Waals surface area (Å²) in [5, 5.41) is 6.57. The highest BCUT2D eigenvalue weighted by Crippen LogP contribution is 2.23. The van der Waals surface area contributed by atoms with E-state index in [0.29, 0.717) is 18.8 Å². The number of hydrogen-bond donors (Lipinski definition) is 1. The number of nitrogens with zero attached hydrogens (tertiary/aromatic N) is 2. The van der Waals surface area contributed by atoms with E-state index in [1.54, 1.807) is 11.0 Å². The van der Waals surface area contributed by atoms with Gasteiger partial charge in [0, 0.05) is 19.0 Å². The van der Waals surface area contributed by atoms with Crippen LogP contribution in [0.2, 0.25) is 0 Å². The lowest BCUT2D eigenvalue weighted by atomic mass is 10.4. The molecule has 1 aromatic heterocycles. The van der Waals surface area contributed by atoms with Crippen LogP contribution in [0.15, 0.2) is 10.7 Å². The van der Waals surface area contributed by atoms with E-state index in [2.05, 4.69) is 26.1 Å². The summed E-state index contributed by atoms with van der Waals surface area (Å²) < 4.78 is 0.758. The molecule has 0 aromatic carbocycles. The zero-order valence-corrected chi connectivity index (χ0v) is 8.97. The maximum Gasteiger partial charge on any atom is 0.229 e. The first-order valence-electron chi connectivity index (χ1n) is 3.82. The smallest absolute Gasteiger partial charge is 0.229 e. The summed E-state index contributed by atoms with van der Waals surface area (Å²) in [4.78, 5) is 12.9. The summed E-state index contributed by atoms with van der Waals surface area (Å²) in [7, 11) is 0. The van der Waals surface area contributed by atoms with Crippen LogP contribution in [0.5, 0.6) is 0 Å². The third kappa shape index (κ3) is 1.71. The molecule has 2 rings (SSSR count). The van der Waals surface area contributed by atoms with Gasteiger partial charge in [0.2, 0.25) is 5.91 Å². The highest BCUT2D eigenvalue weighted by atomic mass is 79.9. The van der Waals surface area contributed by atoms with Gasteiger partial charge in [0.25, 0.3) is 0 Å². The predicted octanol–water partition coefficient (Wildman–Crippen LogP) is 1.52. The Morgan fingerprint density at radius 1 is 1.77 bits per heavy atom. The maximum absolute atomic E-state index is 11.4. The van der Waals surface area contributed by atoms with Gasteiger partial charge in [-0.2, -0.15) is 5.10 Å². The lowest BCUT2D eigenvalue weighted by Gasteiger charge is -2.10. The Hall–Kier alpha value is -0.550. The lowest BCUT2D eigenvalue weighted by Crippen LogP contribution is -2.24. The van der Waals surface area contributed by atoms with Crippen LogP contribution in [-0.4, -0.2) is 28.0 Å². The van der Waals surface area contributed by atoms with Crippen molar-refractivity contribution in [2.24, 2.45) is 0 Å². The molecule has 0 bridgehead atoms. The van der Waals surface area contributed by atoms with Crippen molar-refractivity contribution in [1.29, 1.82) is 0 Å². The molecule has 0 saturated carbocycles. The summed E-state index contributed by atoms with van der Waals surface area (Å²) in [5.41, 5.74) is 0. The van der Waals surface area contributed by atoms with E-state index in [0.717, 1.165) is 4.60 Å². The first-order valence-corrected chi connectivity index (χ1v) is 5.05. The SMILES string of the molecule is O=C1CC(Cl)CN1c1cc(Br)[nH]n1. The number of aromatic nitrogens is 2. The van der Waals surface area contributed by atoms with Gasteiger partial charge in [-0.3, -0.25) is 14.8 Å². The number of carbonyl (C=O) groups excluding carboxylic acids is 1. The van der Waals surface area contributed by atoms with Crippen molar-refractivity contribution in [3.05, 3.63) is 10.7 Å². The lowest BCUT2D eigenvalue weighted by molar-refractivity contribution is -0.117. The molecule has 1 fully saturated rings. The fourth-order valence-electron chi connectivity index (χ4n) is 1.31. The number of hydrogen-bond acceptors (Lipinski definition) is 2. The summed E-state index contributed by atoms with van der Waals surface area (Å²) in [6.07, 6.45) is 0.395. The molecule has 1 aromatic rings. The Bertz CT molecular complexity index is 340. The van der Waals surface area contributed by atoms with Gasteiger partial charge in [-0.05, 0) is 15.9 Å². The van der Waals surface area contributed by atoms with Crippen molar-refractivity contribution in [2.45, 2.75) is 11.8 Å². The molecular formula is C7H7BrClN3O. The van der Waals surface area contributed by atoms with E-state index >= 15 is 0 Å². The molecule has 1 aliphatic heterocycles. The standard InChI is InChI=1S/C7H7BrClN3O/c8-5-2-6(11-10-5)12-3-4(9)1-7(12)13/h2,4H,1,3H2,(H,10,11). The Morgan fingerprint density at radius 2 is 2.54 bits per heavy atom. The second-order valence-corrected chi connectivity index (χ2v) is 4.35. The number of halogens is 2. The highest BCUT2D eigenvalue weighted by Gasteiger charge is 2.30. The molecule has 1 atom stereocenters. The van der Waals surface area contributed by atoms with Crippen LogP contribution >= 0.6 is 27.5 Å². The minimum Gasteiger partial charge on any atom is -0.294 e. The molecule has 1 N–H and O–H groups in total. The minimum absolute atomic E-state index is 0.0269. The van der Waals surface area contributed by atoms with Crippen molar-refractivity contribution in [3.8, 4) is 0 Å². The quantitative estimate of drug-likeness (QED) is 0.782. The average molecular weight is 265 g/mol. The fourth-order valence-corrected chi connectivity index (χ4v) is 1.88. The molecule has 2 heterocycles. The molecule has 1 saturated heterocycles. The van der Waals surface area contributed by atoms with Gasteiger partial charge < -0.3 is 0 Å². The van der Waals surface area contributed by atoms with Crippen LogP contribution in [0, 0.1) is 0 Å². The Morgan fingerprint density at radius 3 is 3.00 bits per heavy atom. The highest BCUT2D eigenvalue weighted by molar-refractivity contribution is 9.10. The van der Waals surface area contributed by atoms with Crippen LogP contribution in [0.1, 0.15) is 6.42 Å². The number of alkyl halides is 1. The molecule has 0 spiro atoms. The molecule has 1 unspecified atom stereocenters. The predicted molar refractivity (Wildman–Crippen MR) is 52.9 cm³/mol. The largest absolute Gasteiger partial charge is 0.294 e. The fraction of sp³-hybridized carbons (Fsp3) is 0.429. The topological polar surface area (TPSA) is 49.0 Å². The number of anilines is 1. The zero-order chi connectivity index (χ0) is 9.42. The average Bonchev–Trinajstić information content (AvgIpc) is 2.58. The van der Waals surface area contributed by atoms with Crippen molar-refractivity contribution in [2.75, 3.05) is 11.4 Å². The van der Waals surface area contributed by atoms with Crippen LogP contribution in [0.25, 0.3) is 0 Å². The number of amides is 1. The van der Waals surface area contributed by atoms with E-state index in [1.807, 2.05) is 0 Å². The second kappa shape index (κ2) is 3.31. The van der Waals surface area contributed by atoms with Crippen molar-refractivity contribution in [3.63, 3.8) is 0 Å². The second-order valence-electron chi connectivity index (χ2n) is 2.88. The number of nitrogens with one attached hydrogen (secondary N) is 1. The Balaban J connectivity index is 2.22. The van der Waals surface area contributed by atoms with E-state index in [4.69, 9.17) is 11.6 Å². The van der Waals surface area contributed by atoms with Gasteiger partial charge in [-0.15, -0.1) is 11.6 Å². The van der Waals surface area contributed by atoms with Gasteiger partial charge in [-0.25, -0.2) is 0 Å². The first-order chi connectivity index (χ1) is 6.16. The van der Waals surface area contributed by atoms with Crippen molar-refractivity contribution < 1.29 is 4.79 Å². The molecule has 1 amide bonds. The third-order valence-electron chi connectivity index (χ3n) is 1.89. The Kier molecular flexibility index (Phi) is 2.29. The Labute approximate surface area is 88.4 Å². The van der Waals surface area contributed by atoms with Gasteiger partial charge in [0.1, 0.15) is 4.60 Å². The van der Waals surface area contributed by atoms with E-state index in [-0.39, 0.29) is 11.3 Å². The molecule has 1 aliphatic rings. The van der Waals surface area contributed by atoms with Crippen molar-refractivity contribution >= 4 is 39.3 Å². The monoisotopic (exact) mass is 263 g/mol. The number of rotatable bonds is 1. The zero-order valence-electron chi connectivity index (χ0n) is 6.63. The first kappa shape index (κ1) is 9.02. The normalized spacial score (nSPS) is 22.8. The minimum atomic E-state index is -0.0945. The van der Waals surface area contributed by atoms with E-state index < -0.39 is 0 Å². The van der Waals surface area contributed by atoms with Crippen molar-refractivity contribution in [1.82, 2.24) is 10.2 Å². The van der Waals surface area contributed by atoms with Crippen LogP contribution < -0.4 is 4.90 Å². The maximum atomic E-state index is 11.4. The summed E-state index contributed by atoms with van der Waals surface area (Å²) in [5.74, 6) is 0.652. The summed E-state index contributed by atoms with van der Waals surface area (Å²) in [6, 6.07) is 1.76. The summed E-state index contributed by atoms with van der Waals surface area (Å²) >= 11 is 9.07. The molecule has 70 valence electrons. The van der Waals surface area contributed by atoms with E-state index in [1.165, 1.54) is 0 Å². The molecule has 13 heavy (non-hydrogen) atoms. The molecule has 0 aliphatic carbocycles.